The van der Waals surface area contributed by atoms with Gasteiger partial charge < -0.3 is 0 Å². The molecule has 0 saturated carbocycles. The zero-order valence-electron chi connectivity index (χ0n) is 17.0. The summed E-state index contributed by atoms with van der Waals surface area (Å²) in [6.07, 6.45) is 6.26. The van der Waals surface area contributed by atoms with E-state index in [1.54, 1.807) is 0 Å². The molecule has 3 rings (SSSR count). The van der Waals surface area contributed by atoms with E-state index in [0.29, 0.717) is 21.8 Å². The summed E-state index contributed by atoms with van der Waals surface area (Å²) >= 11 is 0. The van der Waals surface area contributed by atoms with Crippen LogP contribution >= 0.6 is 0 Å². The predicted molar refractivity (Wildman–Crippen MR) is 123 cm³/mol. The molecule has 0 bridgehead atoms. The normalized spacial score (nSPS) is 13.4. The zero-order chi connectivity index (χ0) is 21.6. The van der Waals surface area contributed by atoms with E-state index in [2.05, 4.69) is 18.6 Å². The standard InChI is InChI=1S/C27H23NOS/c1-4-18-27(20-28,19-22(3)23-10-6-5-7-11-23)25-12-8-9-13-26(25)30(29)24-16-14-21(2)15-17-24/h1,5-17H,3,18-19H2,2H3/t27-,30-/m0/s1. The molecule has 3 aromatic carbocycles. The number of benzene rings is 3. The summed E-state index contributed by atoms with van der Waals surface area (Å²) in [5, 5.41) is 10.3. The number of aryl methyl sites for hydroxylation is 1. The molecule has 0 saturated heterocycles. The van der Waals surface area contributed by atoms with Gasteiger partial charge in [0.1, 0.15) is 0 Å². The Bertz CT molecular complexity index is 1150. The topological polar surface area (TPSA) is 40.9 Å². The quantitative estimate of drug-likeness (QED) is 0.446. The summed E-state index contributed by atoms with van der Waals surface area (Å²) in [6, 6.07) is 27.2. The second-order valence-corrected chi connectivity index (χ2v) is 8.75. The number of hydrogen-bond donors (Lipinski definition) is 0. The maximum absolute atomic E-state index is 13.4. The van der Waals surface area contributed by atoms with Gasteiger partial charge >= 0.3 is 0 Å². The van der Waals surface area contributed by atoms with Crippen LogP contribution in [0, 0.1) is 30.6 Å². The first kappa shape index (κ1) is 21.3. The number of nitrogens with zero attached hydrogens (tertiary/aromatic N) is 1. The molecule has 3 aromatic rings. The molecule has 0 amide bonds. The molecule has 0 N–H and O–H groups in total. The fourth-order valence-corrected chi connectivity index (χ4v) is 4.82. The largest absolute Gasteiger partial charge is 0.249 e. The van der Waals surface area contributed by atoms with Crippen LogP contribution in [0.4, 0.5) is 0 Å². The van der Waals surface area contributed by atoms with E-state index in [4.69, 9.17) is 6.42 Å². The lowest BCUT2D eigenvalue weighted by atomic mass is 9.73. The van der Waals surface area contributed by atoms with Crippen LogP contribution in [0.25, 0.3) is 5.57 Å². The summed E-state index contributed by atoms with van der Waals surface area (Å²) in [4.78, 5) is 1.31. The first-order valence-corrected chi connectivity index (χ1v) is 10.8. The van der Waals surface area contributed by atoms with Crippen LogP contribution < -0.4 is 0 Å². The Balaban J connectivity index is 2.08. The van der Waals surface area contributed by atoms with Gasteiger partial charge in [-0.15, -0.1) is 12.3 Å². The van der Waals surface area contributed by atoms with Crippen molar-refractivity contribution in [2.45, 2.75) is 35.0 Å². The number of hydrogen-bond acceptors (Lipinski definition) is 2. The number of nitriles is 1. The fraction of sp³-hybridized carbons (Fsp3) is 0.148. The van der Waals surface area contributed by atoms with Gasteiger partial charge in [0.2, 0.25) is 0 Å². The minimum atomic E-state index is -1.43. The molecule has 0 aliphatic heterocycles. The van der Waals surface area contributed by atoms with E-state index in [-0.39, 0.29) is 6.42 Å². The molecule has 148 valence electrons. The van der Waals surface area contributed by atoms with Gasteiger partial charge in [0, 0.05) is 16.2 Å². The minimum Gasteiger partial charge on any atom is -0.249 e. The fourth-order valence-electron chi connectivity index (χ4n) is 3.52. The maximum atomic E-state index is 13.4. The van der Waals surface area contributed by atoms with E-state index in [1.807, 2.05) is 85.8 Å². The van der Waals surface area contributed by atoms with Crippen LogP contribution in [-0.2, 0) is 16.2 Å². The van der Waals surface area contributed by atoms with E-state index in [1.165, 1.54) is 0 Å². The third-order valence-electron chi connectivity index (χ3n) is 5.15. The molecule has 0 unspecified atom stereocenters. The molecule has 30 heavy (non-hydrogen) atoms. The molecule has 2 nitrogen and oxygen atoms in total. The van der Waals surface area contributed by atoms with Crippen LogP contribution in [0.2, 0.25) is 0 Å². The minimum absolute atomic E-state index is 0.206. The van der Waals surface area contributed by atoms with Crippen molar-refractivity contribution in [1.82, 2.24) is 0 Å². The molecular formula is C27H23NOS. The molecule has 0 fully saturated rings. The Kier molecular flexibility index (Phi) is 6.68. The molecule has 0 aliphatic rings. The molecule has 0 radical (unpaired) electrons. The molecule has 3 heteroatoms. The summed E-state index contributed by atoms with van der Waals surface area (Å²) < 4.78 is 13.4. The van der Waals surface area contributed by atoms with Crippen LogP contribution in [0.5, 0.6) is 0 Å². The van der Waals surface area contributed by atoms with Gasteiger partial charge in [-0.05, 0) is 48.2 Å². The SMILES string of the molecule is C#CC[C@@](C#N)(CC(=C)c1ccccc1)c1ccccc1[S@@](=O)c1ccc(C)cc1. The van der Waals surface area contributed by atoms with Crippen molar-refractivity contribution >= 4 is 16.4 Å². The highest BCUT2D eigenvalue weighted by Crippen LogP contribution is 2.40. The maximum Gasteiger partial charge on any atom is 0.0982 e. The summed E-state index contributed by atoms with van der Waals surface area (Å²) in [7, 11) is -1.43. The van der Waals surface area contributed by atoms with Crippen molar-refractivity contribution in [2.24, 2.45) is 0 Å². The monoisotopic (exact) mass is 409 g/mol. The van der Waals surface area contributed by atoms with E-state index in [0.717, 1.165) is 16.7 Å². The van der Waals surface area contributed by atoms with Gasteiger partial charge in [0.25, 0.3) is 0 Å². The Morgan fingerprint density at radius 2 is 1.67 bits per heavy atom. The van der Waals surface area contributed by atoms with Crippen molar-refractivity contribution in [3.05, 3.63) is 102 Å². The Labute approximate surface area is 181 Å². The summed E-state index contributed by atoms with van der Waals surface area (Å²) in [5.41, 5.74) is 2.57. The van der Waals surface area contributed by atoms with Crippen molar-refractivity contribution in [1.29, 1.82) is 5.26 Å². The highest BCUT2D eigenvalue weighted by Gasteiger charge is 2.36. The highest BCUT2D eigenvalue weighted by molar-refractivity contribution is 7.85. The first-order valence-electron chi connectivity index (χ1n) is 9.66. The van der Waals surface area contributed by atoms with Gasteiger partial charge in [-0.25, -0.2) is 4.21 Å². The van der Waals surface area contributed by atoms with Gasteiger partial charge in [-0.3, -0.25) is 0 Å². The van der Waals surface area contributed by atoms with E-state index >= 15 is 0 Å². The Morgan fingerprint density at radius 1 is 1.03 bits per heavy atom. The van der Waals surface area contributed by atoms with Crippen LogP contribution in [0.15, 0.2) is 95.2 Å². The summed E-state index contributed by atoms with van der Waals surface area (Å²) in [5.74, 6) is 2.67. The lowest BCUT2D eigenvalue weighted by Crippen LogP contribution is -2.26. The van der Waals surface area contributed by atoms with Crippen molar-refractivity contribution in [2.75, 3.05) is 0 Å². The third kappa shape index (κ3) is 4.43. The third-order valence-corrected chi connectivity index (χ3v) is 6.61. The lowest BCUT2D eigenvalue weighted by molar-refractivity contribution is 0.569. The van der Waals surface area contributed by atoms with Crippen molar-refractivity contribution in [3.63, 3.8) is 0 Å². The van der Waals surface area contributed by atoms with Gasteiger partial charge in [-0.2, -0.15) is 5.26 Å². The molecule has 0 aromatic heterocycles. The molecule has 0 spiro atoms. The van der Waals surface area contributed by atoms with E-state index < -0.39 is 16.2 Å². The number of allylic oxidation sites excluding steroid dienone is 1. The zero-order valence-corrected chi connectivity index (χ0v) is 17.8. The van der Waals surface area contributed by atoms with Crippen molar-refractivity contribution < 1.29 is 4.21 Å². The van der Waals surface area contributed by atoms with Crippen molar-refractivity contribution in [3.8, 4) is 18.4 Å². The van der Waals surface area contributed by atoms with Gasteiger partial charge in [-0.1, -0.05) is 72.8 Å². The highest BCUT2D eigenvalue weighted by atomic mass is 32.2. The summed E-state index contributed by atoms with van der Waals surface area (Å²) in [6.45, 7) is 6.20. The van der Waals surface area contributed by atoms with Gasteiger partial charge in [0.05, 0.1) is 22.3 Å². The Hall–Kier alpha value is -3.40. The Morgan fingerprint density at radius 3 is 2.30 bits per heavy atom. The van der Waals surface area contributed by atoms with Crippen LogP contribution in [0.3, 0.4) is 0 Å². The second kappa shape index (κ2) is 9.40. The smallest absolute Gasteiger partial charge is 0.0982 e. The predicted octanol–water partition coefficient (Wildman–Crippen LogP) is 6.05. The number of terminal acetylenes is 1. The molecule has 0 heterocycles. The molecular weight excluding hydrogens is 386 g/mol. The average molecular weight is 410 g/mol. The van der Waals surface area contributed by atoms with E-state index in [9.17, 15) is 9.47 Å². The molecule has 2 atom stereocenters. The lowest BCUT2D eigenvalue weighted by Gasteiger charge is -2.28. The second-order valence-electron chi connectivity index (χ2n) is 7.30. The van der Waals surface area contributed by atoms with Crippen LogP contribution in [-0.4, -0.2) is 4.21 Å². The number of rotatable bonds is 7. The average Bonchev–Trinajstić information content (AvgIpc) is 2.79. The van der Waals surface area contributed by atoms with Gasteiger partial charge in [0.15, 0.2) is 0 Å². The van der Waals surface area contributed by atoms with Crippen LogP contribution in [0.1, 0.15) is 29.5 Å². The first-order chi connectivity index (χ1) is 14.5. The molecule has 0 aliphatic carbocycles.